The van der Waals surface area contributed by atoms with Gasteiger partial charge in [0.1, 0.15) is 0 Å². The lowest BCUT2D eigenvalue weighted by Gasteiger charge is -2.20. The van der Waals surface area contributed by atoms with Gasteiger partial charge in [-0.2, -0.15) is 0 Å². The van der Waals surface area contributed by atoms with Crippen molar-refractivity contribution in [1.29, 1.82) is 0 Å². The number of benzene rings is 1. The summed E-state index contributed by atoms with van der Waals surface area (Å²) in [4.78, 5) is 0. The van der Waals surface area contributed by atoms with Crippen LogP contribution in [0.1, 0.15) is 33.3 Å². The van der Waals surface area contributed by atoms with Gasteiger partial charge in [-0.15, -0.1) is 0 Å². The molecule has 0 atom stereocenters. The van der Waals surface area contributed by atoms with E-state index in [4.69, 9.17) is 4.43 Å². The lowest BCUT2D eigenvalue weighted by molar-refractivity contribution is 0.142. The van der Waals surface area contributed by atoms with Gasteiger partial charge < -0.3 is 4.43 Å². The van der Waals surface area contributed by atoms with E-state index < -0.39 is 9.76 Å². The molecule has 0 aliphatic carbocycles. The van der Waals surface area contributed by atoms with E-state index in [0.717, 1.165) is 5.57 Å². The molecule has 0 saturated carbocycles. The zero-order chi connectivity index (χ0) is 11.5. The average Bonchev–Trinajstić information content (AvgIpc) is 2.14. The summed E-state index contributed by atoms with van der Waals surface area (Å²) in [6.07, 6.45) is 0. The van der Waals surface area contributed by atoms with Crippen molar-refractivity contribution in [3.63, 3.8) is 0 Å². The van der Waals surface area contributed by atoms with Gasteiger partial charge in [0, 0.05) is 5.60 Å². The Morgan fingerprint density at radius 1 is 1.33 bits per heavy atom. The van der Waals surface area contributed by atoms with Gasteiger partial charge in [-0.3, -0.25) is 0 Å². The van der Waals surface area contributed by atoms with E-state index in [-0.39, 0.29) is 5.60 Å². The van der Waals surface area contributed by atoms with Crippen molar-refractivity contribution in [1.82, 2.24) is 0 Å². The van der Waals surface area contributed by atoms with Crippen LogP contribution in [0.4, 0.5) is 0 Å². The van der Waals surface area contributed by atoms with Crippen molar-refractivity contribution < 1.29 is 4.43 Å². The summed E-state index contributed by atoms with van der Waals surface area (Å²) in [5.74, 6) is 0. The summed E-state index contributed by atoms with van der Waals surface area (Å²) >= 11 is 0. The first kappa shape index (κ1) is 12.2. The van der Waals surface area contributed by atoms with E-state index in [1.165, 1.54) is 10.8 Å². The van der Waals surface area contributed by atoms with Gasteiger partial charge in [-0.1, -0.05) is 36.4 Å². The van der Waals surface area contributed by atoms with Crippen LogP contribution in [-0.2, 0) is 4.43 Å². The van der Waals surface area contributed by atoms with Gasteiger partial charge in [-0.05, 0) is 38.4 Å². The lowest BCUT2D eigenvalue weighted by atomic mass is 10.1. The Morgan fingerprint density at radius 2 is 2.00 bits per heavy atom. The second kappa shape index (κ2) is 4.77. The van der Waals surface area contributed by atoms with Gasteiger partial charge in [0.05, 0.1) is 0 Å². The van der Waals surface area contributed by atoms with Crippen LogP contribution in [0.15, 0.2) is 30.8 Å². The molecule has 0 radical (unpaired) electrons. The van der Waals surface area contributed by atoms with Crippen molar-refractivity contribution in [3.8, 4) is 0 Å². The molecule has 1 rings (SSSR count). The normalized spacial score (nSPS) is 12.3. The average molecular weight is 220 g/mol. The maximum atomic E-state index is 5.86. The Balaban J connectivity index is 2.70. The molecular formula is C13H20OSi. The third-order valence-electron chi connectivity index (χ3n) is 2.09. The summed E-state index contributed by atoms with van der Waals surface area (Å²) in [5.41, 5.74) is 2.31. The van der Waals surface area contributed by atoms with E-state index >= 15 is 0 Å². The number of hydrogen-bond acceptors (Lipinski definition) is 1. The molecule has 0 aliphatic heterocycles. The van der Waals surface area contributed by atoms with Crippen LogP contribution >= 0.6 is 0 Å². The van der Waals surface area contributed by atoms with Crippen LogP contribution in [0.3, 0.4) is 0 Å². The highest BCUT2D eigenvalue weighted by atomic mass is 28.2. The van der Waals surface area contributed by atoms with Gasteiger partial charge in [0.25, 0.3) is 0 Å². The van der Waals surface area contributed by atoms with Crippen LogP contribution in [0.5, 0.6) is 0 Å². The molecule has 0 amide bonds. The summed E-state index contributed by atoms with van der Waals surface area (Å²) in [6, 6.07) is 8.51. The topological polar surface area (TPSA) is 9.23 Å². The van der Waals surface area contributed by atoms with Crippen molar-refractivity contribution in [2.24, 2.45) is 0 Å². The predicted octanol–water partition coefficient (Wildman–Crippen LogP) is 2.24. The maximum Gasteiger partial charge on any atom is 0.192 e. The van der Waals surface area contributed by atoms with Crippen LogP contribution in [-0.4, -0.2) is 15.4 Å². The standard InChI is InChI=1S/C13H20OSi/c1-10(2)11-7-6-8-12(9-11)15-14-13(3,4)5/h6-9H,1,15H2,2-5H3. The Labute approximate surface area is 95.1 Å². The second-order valence-electron chi connectivity index (χ2n) is 4.88. The minimum atomic E-state index is -0.610. The molecule has 0 N–H and O–H groups in total. The Kier molecular flexibility index (Phi) is 3.88. The van der Waals surface area contributed by atoms with E-state index in [1.54, 1.807) is 0 Å². The maximum absolute atomic E-state index is 5.86. The fourth-order valence-electron chi connectivity index (χ4n) is 1.23. The highest BCUT2D eigenvalue weighted by molar-refractivity contribution is 6.47. The predicted molar refractivity (Wildman–Crippen MR) is 70.2 cm³/mol. The van der Waals surface area contributed by atoms with Crippen molar-refractivity contribution in [2.75, 3.05) is 0 Å². The van der Waals surface area contributed by atoms with E-state index in [0.29, 0.717) is 0 Å². The Morgan fingerprint density at radius 3 is 2.53 bits per heavy atom. The molecule has 2 heteroatoms. The van der Waals surface area contributed by atoms with Gasteiger partial charge >= 0.3 is 0 Å². The summed E-state index contributed by atoms with van der Waals surface area (Å²) in [6.45, 7) is 12.3. The highest BCUT2D eigenvalue weighted by Gasteiger charge is 2.10. The molecule has 0 aromatic heterocycles. The molecule has 0 spiro atoms. The molecule has 15 heavy (non-hydrogen) atoms. The lowest BCUT2D eigenvalue weighted by Crippen LogP contribution is -2.28. The van der Waals surface area contributed by atoms with Gasteiger partial charge in [0.15, 0.2) is 9.76 Å². The molecule has 0 fully saturated rings. The summed E-state index contributed by atoms with van der Waals surface area (Å²) in [7, 11) is -0.610. The molecule has 1 nitrogen and oxygen atoms in total. The zero-order valence-electron chi connectivity index (χ0n) is 10.1. The molecule has 1 aromatic carbocycles. The second-order valence-corrected chi connectivity index (χ2v) is 6.28. The molecule has 0 unspecified atom stereocenters. The van der Waals surface area contributed by atoms with Gasteiger partial charge in [0.2, 0.25) is 0 Å². The minimum Gasteiger partial charge on any atom is -0.414 e. The molecule has 82 valence electrons. The van der Waals surface area contributed by atoms with E-state index in [2.05, 4.69) is 51.6 Å². The van der Waals surface area contributed by atoms with E-state index in [9.17, 15) is 0 Å². The van der Waals surface area contributed by atoms with Crippen LogP contribution in [0, 0.1) is 0 Å². The van der Waals surface area contributed by atoms with Crippen molar-refractivity contribution >= 4 is 20.5 Å². The first-order valence-corrected chi connectivity index (χ1v) is 6.56. The summed E-state index contributed by atoms with van der Waals surface area (Å²) in [5, 5.41) is 1.34. The number of hydrogen-bond donors (Lipinski definition) is 0. The minimum absolute atomic E-state index is 0.0224. The Hall–Kier alpha value is -0.863. The quantitative estimate of drug-likeness (QED) is 0.710. The molecule has 1 aromatic rings. The van der Waals surface area contributed by atoms with E-state index in [1.807, 2.05) is 6.92 Å². The molecular weight excluding hydrogens is 200 g/mol. The first-order valence-electron chi connectivity index (χ1n) is 5.27. The fraction of sp³-hybridized carbons (Fsp3) is 0.385. The molecule has 0 aliphatic rings. The fourth-order valence-corrected chi connectivity index (χ4v) is 2.36. The first-order chi connectivity index (χ1) is 6.88. The Bertz CT molecular complexity index is 350. The van der Waals surface area contributed by atoms with Crippen LogP contribution in [0.25, 0.3) is 5.57 Å². The molecule has 0 heterocycles. The number of rotatable bonds is 3. The smallest absolute Gasteiger partial charge is 0.192 e. The third kappa shape index (κ3) is 4.45. The van der Waals surface area contributed by atoms with Crippen LogP contribution < -0.4 is 5.19 Å². The molecule has 0 saturated heterocycles. The highest BCUT2D eigenvalue weighted by Crippen LogP contribution is 2.09. The SMILES string of the molecule is C=C(C)c1cccc([SiH2]OC(C)(C)C)c1. The molecule has 0 bridgehead atoms. The monoisotopic (exact) mass is 220 g/mol. The number of allylic oxidation sites excluding steroid dienone is 1. The van der Waals surface area contributed by atoms with Crippen LogP contribution in [0.2, 0.25) is 0 Å². The van der Waals surface area contributed by atoms with Gasteiger partial charge in [-0.25, -0.2) is 0 Å². The largest absolute Gasteiger partial charge is 0.414 e. The van der Waals surface area contributed by atoms with Crippen molar-refractivity contribution in [3.05, 3.63) is 36.4 Å². The van der Waals surface area contributed by atoms with Crippen molar-refractivity contribution in [2.45, 2.75) is 33.3 Å². The zero-order valence-corrected chi connectivity index (χ0v) is 11.5. The summed E-state index contributed by atoms with van der Waals surface area (Å²) < 4.78 is 5.86. The third-order valence-corrected chi connectivity index (χ3v) is 3.88.